The van der Waals surface area contributed by atoms with Crippen LogP contribution in [0.15, 0.2) is 0 Å². The Bertz CT molecular complexity index is 116. The van der Waals surface area contributed by atoms with Crippen molar-refractivity contribution in [2.75, 3.05) is 20.0 Å². The summed E-state index contributed by atoms with van der Waals surface area (Å²) in [6.07, 6.45) is -6.49. The molecular formula is C6H8F6. The van der Waals surface area contributed by atoms with Crippen molar-refractivity contribution < 1.29 is 26.3 Å². The van der Waals surface area contributed by atoms with Crippen LogP contribution in [-0.2, 0) is 0 Å². The second-order valence-corrected chi connectivity index (χ2v) is 2.69. The molecule has 0 saturated heterocycles. The Morgan fingerprint density at radius 1 is 0.750 bits per heavy atom. The highest BCUT2D eigenvalue weighted by Crippen LogP contribution is 2.34. The Morgan fingerprint density at radius 2 is 1.08 bits per heavy atom. The lowest BCUT2D eigenvalue weighted by molar-refractivity contribution is -0.165. The topological polar surface area (TPSA) is 0 Å². The Balaban J connectivity index is 4.30. The van der Waals surface area contributed by atoms with Gasteiger partial charge in [-0.2, -0.15) is 13.2 Å². The van der Waals surface area contributed by atoms with Crippen molar-refractivity contribution in [3.8, 4) is 0 Å². The van der Waals surface area contributed by atoms with E-state index in [9.17, 15) is 26.3 Å². The molecule has 12 heavy (non-hydrogen) atoms. The number of alkyl halides is 6. The summed E-state index contributed by atoms with van der Waals surface area (Å²) in [6, 6.07) is 0. The van der Waals surface area contributed by atoms with E-state index in [1.807, 2.05) is 0 Å². The van der Waals surface area contributed by atoms with Gasteiger partial charge in [0.25, 0.3) is 0 Å². The zero-order valence-electron chi connectivity index (χ0n) is 6.10. The third-order valence-electron chi connectivity index (χ3n) is 1.43. The maximum absolute atomic E-state index is 11.9. The first-order valence-corrected chi connectivity index (χ1v) is 3.14. The second kappa shape index (κ2) is 4.00. The molecule has 0 aromatic carbocycles. The molecular weight excluding hydrogens is 186 g/mol. The Morgan fingerprint density at radius 3 is 1.17 bits per heavy atom. The summed E-state index contributed by atoms with van der Waals surface area (Å²) < 4.78 is 70.4. The summed E-state index contributed by atoms with van der Waals surface area (Å²) in [5.74, 6) is 0. The maximum atomic E-state index is 11.9. The minimum atomic E-state index is -4.73. The van der Waals surface area contributed by atoms with Gasteiger partial charge in [0.2, 0.25) is 0 Å². The molecule has 0 aliphatic carbocycles. The lowest BCUT2D eigenvalue weighted by Crippen LogP contribution is -2.34. The predicted molar refractivity (Wildman–Crippen MR) is 31.0 cm³/mol. The van der Waals surface area contributed by atoms with Gasteiger partial charge >= 0.3 is 6.18 Å². The van der Waals surface area contributed by atoms with Crippen LogP contribution in [0.1, 0.15) is 6.42 Å². The summed E-state index contributed by atoms with van der Waals surface area (Å²) in [5, 5.41) is 0. The van der Waals surface area contributed by atoms with Gasteiger partial charge in [-0.1, -0.05) is 0 Å². The summed E-state index contributed by atoms with van der Waals surface area (Å²) in [6.45, 7) is -4.92. The largest absolute Gasteiger partial charge is 0.389 e. The first kappa shape index (κ1) is 11.6. The third-order valence-corrected chi connectivity index (χ3v) is 1.43. The molecule has 0 nitrogen and oxygen atoms in total. The highest BCUT2D eigenvalue weighted by molar-refractivity contribution is 4.80. The van der Waals surface area contributed by atoms with Crippen molar-refractivity contribution in [2.45, 2.75) is 12.6 Å². The lowest BCUT2D eigenvalue weighted by Gasteiger charge is -2.24. The molecule has 0 aromatic rings. The average molecular weight is 194 g/mol. The average Bonchev–Trinajstić information content (AvgIpc) is 1.99. The number of rotatable bonds is 4. The first-order valence-electron chi connectivity index (χ1n) is 3.14. The first-order chi connectivity index (χ1) is 5.39. The van der Waals surface area contributed by atoms with Gasteiger partial charge in [0, 0.05) is 0 Å². The third kappa shape index (κ3) is 3.32. The molecule has 0 aliphatic rings. The zero-order valence-corrected chi connectivity index (χ0v) is 6.10. The van der Waals surface area contributed by atoms with E-state index in [0.717, 1.165) is 0 Å². The van der Waals surface area contributed by atoms with Crippen LogP contribution in [0.25, 0.3) is 0 Å². The van der Waals surface area contributed by atoms with Gasteiger partial charge in [-0.3, -0.25) is 13.2 Å². The molecule has 74 valence electrons. The molecule has 0 spiro atoms. The van der Waals surface area contributed by atoms with E-state index in [1.165, 1.54) is 0 Å². The van der Waals surface area contributed by atoms with Crippen LogP contribution in [-0.4, -0.2) is 26.2 Å². The van der Waals surface area contributed by atoms with Gasteiger partial charge in [-0.05, 0) is 0 Å². The van der Waals surface area contributed by atoms with E-state index in [1.54, 1.807) is 0 Å². The Kier molecular flexibility index (Phi) is 3.86. The van der Waals surface area contributed by atoms with E-state index >= 15 is 0 Å². The van der Waals surface area contributed by atoms with Crippen LogP contribution in [0.5, 0.6) is 0 Å². The molecule has 0 radical (unpaired) electrons. The van der Waals surface area contributed by atoms with Gasteiger partial charge < -0.3 is 0 Å². The standard InChI is InChI=1S/C6H8F6/c7-2-5(3-8,4-9)1-6(10,11)12/h1-4H2. The van der Waals surface area contributed by atoms with Gasteiger partial charge in [-0.25, -0.2) is 0 Å². The predicted octanol–water partition coefficient (Wildman–Crippen LogP) is 2.83. The summed E-state index contributed by atoms with van der Waals surface area (Å²) in [7, 11) is 0. The minimum Gasteiger partial charge on any atom is -0.250 e. The van der Waals surface area contributed by atoms with Crippen LogP contribution >= 0.6 is 0 Å². The highest BCUT2D eigenvalue weighted by atomic mass is 19.4. The number of halogens is 6. The Hall–Kier alpha value is -0.420. The zero-order chi connectivity index (χ0) is 9.83. The van der Waals surface area contributed by atoms with Gasteiger partial charge in [0.15, 0.2) is 0 Å². The molecule has 0 aromatic heterocycles. The molecule has 0 aliphatic heterocycles. The van der Waals surface area contributed by atoms with E-state index < -0.39 is 38.0 Å². The molecule has 0 bridgehead atoms. The highest BCUT2D eigenvalue weighted by Gasteiger charge is 2.43. The van der Waals surface area contributed by atoms with Crippen LogP contribution < -0.4 is 0 Å². The molecule has 0 rings (SSSR count). The van der Waals surface area contributed by atoms with Crippen molar-refractivity contribution in [2.24, 2.45) is 5.41 Å². The molecule has 0 atom stereocenters. The molecule has 0 fully saturated rings. The fourth-order valence-electron chi connectivity index (χ4n) is 0.674. The summed E-state index contributed by atoms with van der Waals surface area (Å²) in [4.78, 5) is 0. The summed E-state index contributed by atoms with van der Waals surface area (Å²) in [5.41, 5.74) is -2.52. The lowest BCUT2D eigenvalue weighted by atomic mass is 9.89. The van der Waals surface area contributed by atoms with E-state index in [-0.39, 0.29) is 0 Å². The minimum absolute atomic E-state index is 1.64. The van der Waals surface area contributed by atoms with E-state index in [4.69, 9.17) is 0 Å². The van der Waals surface area contributed by atoms with Crippen molar-refractivity contribution in [3.05, 3.63) is 0 Å². The molecule has 0 heterocycles. The molecule has 0 unspecified atom stereocenters. The number of hydrogen-bond donors (Lipinski definition) is 0. The fourth-order valence-corrected chi connectivity index (χ4v) is 0.674. The van der Waals surface area contributed by atoms with Gasteiger partial charge in [-0.15, -0.1) is 0 Å². The summed E-state index contributed by atoms with van der Waals surface area (Å²) >= 11 is 0. The quantitative estimate of drug-likeness (QED) is 0.603. The van der Waals surface area contributed by atoms with E-state index in [2.05, 4.69) is 0 Å². The van der Waals surface area contributed by atoms with Crippen molar-refractivity contribution >= 4 is 0 Å². The Labute approximate surface area is 65.6 Å². The van der Waals surface area contributed by atoms with Crippen LogP contribution in [0.4, 0.5) is 26.3 Å². The number of hydrogen-bond acceptors (Lipinski definition) is 0. The van der Waals surface area contributed by atoms with Crippen molar-refractivity contribution in [1.29, 1.82) is 0 Å². The van der Waals surface area contributed by atoms with Gasteiger partial charge in [0.1, 0.15) is 20.0 Å². The van der Waals surface area contributed by atoms with Gasteiger partial charge in [0.05, 0.1) is 11.8 Å². The SMILES string of the molecule is FCC(CF)(CF)CC(F)(F)F. The van der Waals surface area contributed by atoms with Crippen LogP contribution in [0.3, 0.4) is 0 Å². The maximum Gasteiger partial charge on any atom is 0.389 e. The van der Waals surface area contributed by atoms with E-state index in [0.29, 0.717) is 0 Å². The van der Waals surface area contributed by atoms with Crippen molar-refractivity contribution in [1.82, 2.24) is 0 Å². The van der Waals surface area contributed by atoms with Crippen molar-refractivity contribution in [3.63, 3.8) is 0 Å². The molecule has 0 saturated carbocycles. The second-order valence-electron chi connectivity index (χ2n) is 2.69. The smallest absolute Gasteiger partial charge is 0.250 e. The molecule has 6 heteroatoms. The molecule has 0 amide bonds. The normalized spacial score (nSPS) is 13.5. The monoisotopic (exact) mass is 194 g/mol. The fraction of sp³-hybridized carbons (Fsp3) is 1.00. The van der Waals surface area contributed by atoms with Crippen LogP contribution in [0, 0.1) is 5.41 Å². The molecule has 0 N–H and O–H groups in total. The van der Waals surface area contributed by atoms with Crippen LogP contribution in [0.2, 0.25) is 0 Å².